The number of amides is 2. The van der Waals surface area contributed by atoms with E-state index in [4.69, 9.17) is 14.2 Å². The highest BCUT2D eigenvalue weighted by molar-refractivity contribution is 8.00. The van der Waals surface area contributed by atoms with Gasteiger partial charge in [-0.2, -0.15) is 0 Å². The van der Waals surface area contributed by atoms with Crippen molar-refractivity contribution in [2.45, 2.75) is 4.90 Å². The van der Waals surface area contributed by atoms with E-state index in [0.717, 1.165) is 4.90 Å². The van der Waals surface area contributed by atoms with Crippen LogP contribution >= 0.6 is 11.8 Å². The predicted octanol–water partition coefficient (Wildman–Crippen LogP) is 6.10. The minimum atomic E-state index is -0.511. The van der Waals surface area contributed by atoms with Crippen molar-refractivity contribution in [2.24, 2.45) is 0 Å². The maximum Gasteiger partial charge on any atom is 0.272 e. The Hall–Kier alpha value is -5.02. The van der Waals surface area contributed by atoms with Crippen LogP contribution < -0.4 is 24.8 Å². The van der Waals surface area contributed by atoms with Crippen molar-refractivity contribution in [3.05, 3.63) is 119 Å². The standard InChI is InChI=1S/C33H30N2O6S/c1-39-26-11-7-10-24(20-26)29(36)21-42-27-15-13-25(14-16-27)34-33(38)28(35-32(37)23-8-5-4-6-9-23)18-22-12-17-30(40-2)31(19-22)41-3/h4-20H,21H2,1-3H3,(H,34,38)(H,35,37)/b28-18-. The van der Waals surface area contributed by atoms with Gasteiger partial charge in [0.15, 0.2) is 17.3 Å². The van der Waals surface area contributed by atoms with Gasteiger partial charge in [-0.1, -0.05) is 36.4 Å². The van der Waals surface area contributed by atoms with Gasteiger partial charge in [-0.3, -0.25) is 14.4 Å². The molecule has 0 saturated carbocycles. The van der Waals surface area contributed by atoms with Crippen LogP contribution in [0.2, 0.25) is 0 Å². The Morgan fingerprint density at radius 1 is 0.738 bits per heavy atom. The molecule has 0 atom stereocenters. The number of nitrogens with one attached hydrogen (secondary N) is 2. The van der Waals surface area contributed by atoms with Gasteiger partial charge in [0.1, 0.15) is 11.4 Å². The maximum absolute atomic E-state index is 13.4. The second-order valence-electron chi connectivity index (χ2n) is 8.91. The number of hydrogen-bond donors (Lipinski definition) is 2. The number of carbonyl (C=O) groups excluding carboxylic acids is 3. The van der Waals surface area contributed by atoms with E-state index in [1.807, 2.05) is 12.1 Å². The van der Waals surface area contributed by atoms with E-state index < -0.39 is 11.8 Å². The van der Waals surface area contributed by atoms with E-state index in [1.165, 1.54) is 26.0 Å². The molecule has 0 fully saturated rings. The first-order valence-corrected chi connectivity index (χ1v) is 13.9. The summed E-state index contributed by atoms with van der Waals surface area (Å²) in [5.74, 6) is 0.951. The van der Waals surface area contributed by atoms with E-state index in [9.17, 15) is 14.4 Å². The largest absolute Gasteiger partial charge is 0.497 e. The van der Waals surface area contributed by atoms with E-state index in [2.05, 4.69) is 10.6 Å². The third-order valence-electron chi connectivity index (χ3n) is 6.12. The predicted molar refractivity (Wildman–Crippen MR) is 165 cm³/mol. The van der Waals surface area contributed by atoms with Crippen molar-refractivity contribution in [1.29, 1.82) is 0 Å². The summed E-state index contributed by atoms with van der Waals surface area (Å²) in [7, 11) is 4.62. The topological polar surface area (TPSA) is 103 Å². The number of ketones is 1. The minimum absolute atomic E-state index is 0.0182. The second kappa shape index (κ2) is 14.6. The average molecular weight is 583 g/mol. The van der Waals surface area contributed by atoms with Gasteiger partial charge in [-0.05, 0) is 72.3 Å². The number of hydrogen-bond acceptors (Lipinski definition) is 7. The van der Waals surface area contributed by atoms with Gasteiger partial charge in [-0.25, -0.2) is 0 Å². The van der Waals surface area contributed by atoms with Gasteiger partial charge < -0.3 is 24.8 Å². The lowest BCUT2D eigenvalue weighted by molar-refractivity contribution is -0.113. The summed E-state index contributed by atoms with van der Waals surface area (Å²) >= 11 is 1.39. The van der Waals surface area contributed by atoms with E-state index in [-0.39, 0.29) is 17.2 Å². The molecule has 0 aromatic heterocycles. The number of methoxy groups -OCH3 is 3. The quantitative estimate of drug-likeness (QED) is 0.118. The number of rotatable bonds is 12. The summed E-state index contributed by atoms with van der Waals surface area (Å²) in [5.41, 5.74) is 2.18. The lowest BCUT2D eigenvalue weighted by atomic mass is 10.1. The zero-order valence-electron chi connectivity index (χ0n) is 23.4. The number of carbonyl (C=O) groups is 3. The van der Waals surface area contributed by atoms with Crippen molar-refractivity contribution >= 4 is 41.1 Å². The fourth-order valence-corrected chi connectivity index (χ4v) is 4.71. The fraction of sp³-hybridized carbons (Fsp3) is 0.121. The van der Waals surface area contributed by atoms with Crippen molar-refractivity contribution in [1.82, 2.24) is 5.32 Å². The number of Topliss-reactive ketones (excluding diaryl/α,β-unsaturated/α-hetero) is 1. The van der Waals surface area contributed by atoms with Gasteiger partial charge in [0.2, 0.25) is 0 Å². The molecule has 2 amide bonds. The third kappa shape index (κ3) is 8.02. The van der Waals surface area contributed by atoms with Gasteiger partial charge in [-0.15, -0.1) is 11.8 Å². The maximum atomic E-state index is 13.4. The van der Waals surface area contributed by atoms with Crippen LogP contribution in [0.3, 0.4) is 0 Å². The molecule has 0 unspecified atom stereocenters. The summed E-state index contributed by atoms with van der Waals surface area (Å²) in [6.07, 6.45) is 1.56. The highest BCUT2D eigenvalue weighted by atomic mass is 32.2. The normalized spacial score (nSPS) is 10.9. The molecule has 9 heteroatoms. The number of benzene rings is 4. The molecule has 0 aliphatic rings. The number of anilines is 1. The van der Waals surface area contributed by atoms with Gasteiger partial charge in [0, 0.05) is 21.7 Å². The Balaban J connectivity index is 1.48. The van der Waals surface area contributed by atoms with Gasteiger partial charge in [0.25, 0.3) is 11.8 Å². The van der Waals surface area contributed by atoms with Crippen molar-refractivity contribution in [3.63, 3.8) is 0 Å². The zero-order valence-corrected chi connectivity index (χ0v) is 24.2. The summed E-state index contributed by atoms with van der Waals surface area (Å²) in [5, 5.41) is 5.56. The summed E-state index contributed by atoms with van der Waals surface area (Å²) in [6.45, 7) is 0. The summed E-state index contributed by atoms with van der Waals surface area (Å²) < 4.78 is 15.9. The molecule has 2 N–H and O–H groups in total. The van der Waals surface area contributed by atoms with Crippen LogP contribution in [0.5, 0.6) is 17.2 Å². The molecule has 0 radical (unpaired) electrons. The second-order valence-corrected chi connectivity index (χ2v) is 9.96. The Morgan fingerprint density at radius 3 is 2.14 bits per heavy atom. The van der Waals surface area contributed by atoms with Crippen LogP contribution in [-0.2, 0) is 4.79 Å². The van der Waals surface area contributed by atoms with Crippen LogP contribution in [0.1, 0.15) is 26.3 Å². The van der Waals surface area contributed by atoms with E-state index in [1.54, 1.807) is 98.1 Å². The number of ether oxygens (including phenoxy) is 3. The Bertz CT molecular complexity index is 1590. The molecule has 0 heterocycles. The van der Waals surface area contributed by atoms with Gasteiger partial charge in [0.05, 0.1) is 27.1 Å². The molecule has 42 heavy (non-hydrogen) atoms. The van der Waals surface area contributed by atoms with Crippen LogP contribution in [0.15, 0.2) is 108 Å². The number of thioether (sulfide) groups is 1. The Labute approximate surface area is 248 Å². The first-order valence-electron chi connectivity index (χ1n) is 12.9. The molecule has 0 saturated heterocycles. The lowest BCUT2D eigenvalue weighted by Crippen LogP contribution is -2.30. The fourth-order valence-electron chi connectivity index (χ4n) is 3.91. The molecule has 0 aliphatic heterocycles. The molecule has 4 aromatic rings. The van der Waals surface area contributed by atoms with Gasteiger partial charge >= 0.3 is 0 Å². The molecule has 4 aromatic carbocycles. The molecule has 214 valence electrons. The van der Waals surface area contributed by atoms with E-state index in [0.29, 0.717) is 39.6 Å². The molecule has 8 nitrogen and oxygen atoms in total. The molecule has 0 bridgehead atoms. The SMILES string of the molecule is COc1cccc(C(=O)CSc2ccc(NC(=O)/C(=C/c3ccc(OC)c(OC)c3)NC(=O)c3ccccc3)cc2)c1. The van der Waals surface area contributed by atoms with Crippen LogP contribution in [-0.4, -0.2) is 44.7 Å². The highest BCUT2D eigenvalue weighted by Crippen LogP contribution is 2.28. The van der Waals surface area contributed by atoms with Crippen LogP contribution in [0.4, 0.5) is 5.69 Å². The lowest BCUT2D eigenvalue weighted by Gasteiger charge is -2.13. The molecule has 0 aliphatic carbocycles. The smallest absolute Gasteiger partial charge is 0.272 e. The van der Waals surface area contributed by atoms with Crippen molar-refractivity contribution in [3.8, 4) is 17.2 Å². The summed E-state index contributed by atoms with van der Waals surface area (Å²) in [6, 6.07) is 28.0. The van der Waals surface area contributed by atoms with E-state index >= 15 is 0 Å². The zero-order chi connectivity index (χ0) is 29.9. The monoisotopic (exact) mass is 582 g/mol. The molecular formula is C33H30N2O6S. The van der Waals surface area contributed by atoms with Crippen molar-refractivity contribution < 1.29 is 28.6 Å². The highest BCUT2D eigenvalue weighted by Gasteiger charge is 2.16. The molecule has 0 spiro atoms. The summed E-state index contributed by atoms with van der Waals surface area (Å²) in [4.78, 5) is 39.7. The average Bonchev–Trinajstić information content (AvgIpc) is 3.04. The molecule has 4 rings (SSSR count). The van der Waals surface area contributed by atoms with Crippen molar-refractivity contribution in [2.75, 3.05) is 32.4 Å². The molecular weight excluding hydrogens is 552 g/mol. The van der Waals surface area contributed by atoms with Crippen LogP contribution in [0, 0.1) is 0 Å². The minimum Gasteiger partial charge on any atom is -0.497 e. The van der Waals surface area contributed by atoms with Crippen LogP contribution in [0.25, 0.3) is 6.08 Å². The third-order valence-corrected chi connectivity index (χ3v) is 7.13. The Morgan fingerprint density at radius 2 is 1.45 bits per heavy atom. The first-order chi connectivity index (χ1) is 20.4. The Kier molecular flexibility index (Phi) is 10.4. The first kappa shape index (κ1) is 30.0.